The van der Waals surface area contributed by atoms with Crippen molar-refractivity contribution in [2.45, 2.75) is 0 Å². The molecule has 9 heavy (non-hydrogen) atoms. The van der Waals surface area contributed by atoms with Crippen LogP contribution in [-0.2, 0) is 0 Å². The van der Waals surface area contributed by atoms with Crippen LogP contribution in [0.25, 0.3) is 0 Å². The Morgan fingerprint density at radius 2 is 0.556 bits per heavy atom. The summed E-state index contributed by atoms with van der Waals surface area (Å²) in [5, 5.41) is 0. The smallest absolute Gasteiger partial charge is 0.254 e. The zero-order chi connectivity index (χ0) is 7.15. The van der Waals surface area contributed by atoms with Gasteiger partial charge in [-0.25, -0.2) is 0 Å². The van der Waals surface area contributed by atoms with Gasteiger partial charge >= 0.3 is 15.1 Å². The maximum atomic E-state index is 9.67. The van der Waals surface area contributed by atoms with Crippen molar-refractivity contribution in [2.75, 3.05) is 0 Å². The van der Waals surface area contributed by atoms with Gasteiger partial charge in [0.05, 0.1) is 0 Å². The van der Waals surface area contributed by atoms with Crippen LogP contribution in [0.1, 0.15) is 0 Å². The SMILES string of the molecule is FB(F)F.FB(F)F.[Li]. The first-order chi connectivity index (χ1) is 3.46. The second kappa shape index (κ2) is 11.2. The monoisotopic (exact) mass is 143 g/mol. The van der Waals surface area contributed by atoms with E-state index in [1.807, 2.05) is 0 Å². The summed E-state index contributed by atoms with van der Waals surface area (Å²) in [5.41, 5.74) is 0. The van der Waals surface area contributed by atoms with Crippen molar-refractivity contribution in [3.05, 3.63) is 0 Å². The van der Waals surface area contributed by atoms with Crippen LogP contribution in [-0.4, -0.2) is 33.9 Å². The molecule has 0 fully saturated rings. The average molecular weight is 143 g/mol. The Labute approximate surface area is 60.6 Å². The Hall–Kier alpha value is 0.307. The first kappa shape index (κ1) is 16.1. The molecular formula is B2F6Li. The van der Waals surface area contributed by atoms with Gasteiger partial charge in [-0.2, -0.15) is 0 Å². The van der Waals surface area contributed by atoms with E-state index in [9.17, 15) is 25.9 Å². The van der Waals surface area contributed by atoms with Gasteiger partial charge in [-0.3, -0.25) is 25.9 Å². The van der Waals surface area contributed by atoms with E-state index < -0.39 is 15.1 Å². The molecule has 0 N–H and O–H groups in total. The maximum absolute atomic E-state index is 9.67. The van der Waals surface area contributed by atoms with E-state index in [0.29, 0.717) is 0 Å². The summed E-state index contributed by atoms with van der Waals surface area (Å²) in [7, 11) is -7.33. The molecule has 0 aliphatic carbocycles. The molecule has 0 aromatic carbocycles. The van der Waals surface area contributed by atoms with Crippen molar-refractivity contribution in [3.63, 3.8) is 0 Å². The molecule has 0 nitrogen and oxygen atoms in total. The van der Waals surface area contributed by atoms with Gasteiger partial charge in [-0.1, -0.05) is 0 Å². The van der Waals surface area contributed by atoms with Crippen molar-refractivity contribution in [1.29, 1.82) is 0 Å². The van der Waals surface area contributed by atoms with E-state index in [2.05, 4.69) is 0 Å². The molecule has 9 heteroatoms. The fourth-order valence-electron chi connectivity index (χ4n) is 0. The standard InChI is InChI=1S/2BF3.Li/c2*2-1(3)4;. The zero-order valence-electron chi connectivity index (χ0n) is 4.42. The Balaban J connectivity index is -0.0000000720. The van der Waals surface area contributed by atoms with Gasteiger partial charge in [0.1, 0.15) is 0 Å². The fraction of sp³-hybridized carbons (Fsp3) is 0. The van der Waals surface area contributed by atoms with Crippen LogP contribution in [0.5, 0.6) is 0 Å². The third-order valence-corrected chi connectivity index (χ3v) is 0. The van der Waals surface area contributed by atoms with Gasteiger partial charge < -0.3 is 0 Å². The predicted molar refractivity (Wildman–Crippen MR) is 23.9 cm³/mol. The topological polar surface area (TPSA) is 0 Å². The van der Waals surface area contributed by atoms with Gasteiger partial charge in [-0.05, 0) is 0 Å². The number of halogens is 6. The van der Waals surface area contributed by atoms with Gasteiger partial charge in [-0.15, -0.1) is 0 Å². The quantitative estimate of drug-likeness (QED) is 0.354. The Morgan fingerprint density at radius 3 is 0.556 bits per heavy atom. The molecule has 0 atom stereocenters. The first-order valence-corrected chi connectivity index (χ1v) is 1.31. The molecule has 1 radical (unpaired) electrons. The largest absolute Gasteiger partial charge is 0.762 e. The van der Waals surface area contributed by atoms with Crippen LogP contribution in [0.2, 0.25) is 0 Å². The number of rotatable bonds is 0. The van der Waals surface area contributed by atoms with Gasteiger partial charge in [0.25, 0.3) is 0 Å². The van der Waals surface area contributed by atoms with E-state index in [0.717, 1.165) is 0 Å². The molecule has 0 spiro atoms. The van der Waals surface area contributed by atoms with Crippen molar-refractivity contribution in [3.8, 4) is 0 Å². The minimum atomic E-state index is -3.67. The Kier molecular flexibility index (Phi) is 20.0. The molecule has 0 bridgehead atoms. The third-order valence-electron chi connectivity index (χ3n) is 0. The van der Waals surface area contributed by atoms with E-state index in [1.54, 1.807) is 0 Å². The first-order valence-electron chi connectivity index (χ1n) is 1.31. The molecular weight excluding hydrogens is 143 g/mol. The Morgan fingerprint density at radius 1 is 0.556 bits per heavy atom. The van der Waals surface area contributed by atoms with Gasteiger partial charge in [0, 0.05) is 18.9 Å². The van der Waals surface area contributed by atoms with Crippen LogP contribution in [0, 0.1) is 0 Å². The van der Waals surface area contributed by atoms with Crippen molar-refractivity contribution >= 4 is 33.9 Å². The number of hydrogen-bond donors (Lipinski definition) is 0. The average Bonchev–Trinajstić information content (AvgIpc) is 1.25. The summed E-state index contributed by atoms with van der Waals surface area (Å²) in [6.45, 7) is 0. The van der Waals surface area contributed by atoms with Crippen LogP contribution < -0.4 is 0 Å². The fourth-order valence-corrected chi connectivity index (χ4v) is 0. The molecule has 0 saturated heterocycles. The maximum Gasteiger partial charge on any atom is 0.762 e. The minimum absolute atomic E-state index is 0. The molecule has 0 heterocycles. The molecule has 0 rings (SSSR count). The van der Waals surface area contributed by atoms with E-state index in [-0.39, 0.29) is 18.9 Å². The second-order valence-electron chi connectivity index (χ2n) is 0.495. The summed E-state index contributed by atoms with van der Waals surface area (Å²) in [6.07, 6.45) is 0. The van der Waals surface area contributed by atoms with Crippen molar-refractivity contribution in [1.82, 2.24) is 0 Å². The van der Waals surface area contributed by atoms with E-state index in [1.165, 1.54) is 0 Å². The van der Waals surface area contributed by atoms with Gasteiger partial charge in [0.2, 0.25) is 0 Å². The summed E-state index contributed by atoms with van der Waals surface area (Å²) in [4.78, 5) is 0. The normalized spacial score (nSPS) is 6.00. The molecule has 0 aliphatic heterocycles. The molecule has 0 saturated carbocycles. The minimum Gasteiger partial charge on any atom is -0.254 e. The van der Waals surface area contributed by atoms with Crippen LogP contribution in [0.3, 0.4) is 0 Å². The summed E-state index contributed by atoms with van der Waals surface area (Å²) < 4.78 is 58.0. The molecule has 0 aromatic heterocycles. The van der Waals surface area contributed by atoms with Crippen LogP contribution >= 0.6 is 0 Å². The summed E-state index contributed by atoms with van der Waals surface area (Å²) in [5.74, 6) is 0. The van der Waals surface area contributed by atoms with Crippen molar-refractivity contribution < 1.29 is 25.9 Å². The van der Waals surface area contributed by atoms with E-state index >= 15 is 0 Å². The second-order valence-corrected chi connectivity index (χ2v) is 0.495. The molecule has 0 aliphatic rings. The summed E-state index contributed by atoms with van der Waals surface area (Å²) >= 11 is 0. The molecule has 0 amide bonds. The number of hydrogen-bond acceptors (Lipinski definition) is 0. The van der Waals surface area contributed by atoms with E-state index in [4.69, 9.17) is 0 Å². The third kappa shape index (κ3) is 3500. The van der Waals surface area contributed by atoms with Crippen LogP contribution in [0.15, 0.2) is 0 Å². The van der Waals surface area contributed by atoms with Crippen molar-refractivity contribution in [2.24, 2.45) is 0 Å². The van der Waals surface area contributed by atoms with Gasteiger partial charge in [0.15, 0.2) is 0 Å². The zero-order valence-corrected chi connectivity index (χ0v) is 4.42. The van der Waals surface area contributed by atoms with Crippen LogP contribution in [0.4, 0.5) is 25.9 Å². The predicted octanol–water partition coefficient (Wildman–Crippen LogP) is 1.38. The Bertz CT molecular complexity index is 26.5. The molecule has 0 unspecified atom stereocenters. The molecule has 0 aromatic rings. The summed E-state index contributed by atoms with van der Waals surface area (Å²) in [6, 6.07) is 0. The molecule has 49 valence electrons.